The van der Waals surface area contributed by atoms with Crippen LogP contribution in [0.15, 0.2) is 0 Å². The standard InChI is InChI=1S/C11H17F3N2O4/c1-3-20-7-4-6(5-7)15-9(19)16-10(2,8(17)18)11(12,13)14/h6-7H,3-5H2,1-2H3,(H,17,18)(H2,15,16,19). The van der Waals surface area contributed by atoms with Crippen molar-refractivity contribution in [3.63, 3.8) is 0 Å². The van der Waals surface area contributed by atoms with Gasteiger partial charge in [0.1, 0.15) is 0 Å². The highest BCUT2D eigenvalue weighted by Crippen LogP contribution is 2.30. The highest BCUT2D eigenvalue weighted by molar-refractivity contribution is 5.86. The van der Waals surface area contributed by atoms with E-state index in [1.807, 2.05) is 6.92 Å². The molecule has 0 saturated heterocycles. The Kier molecular flexibility index (Phi) is 4.85. The van der Waals surface area contributed by atoms with Crippen LogP contribution in [0.25, 0.3) is 0 Å². The molecule has 1 saturated carbocycles. The summed E-state index contributed by atoms with van der Waals surface area (Å²) in [6.45, 7) is 2.74. The van der Waals surface area contributed by atoms with Gasteiger partial charge in [-0.15, -0.1) is 0 Å². The molecule has 1 rings (SSSR count). The van der Waals surface area contributed by atoms with Gasteiger partial charge in [0.25, 0.3) is 0 Å². The van der Waals surface area contributed by atoms with E-state index in [0.717, 1.165) is 0 Å². The van der Waals surface area contributed by atoms with Gasteiger partial charge in [0.05, 0.1) is 6.10 Å². The highest BCUT2D eigenvalue weighted by Gasteiger charge is 2.58. The minimum Gasteiger partial charge on any atom is -0.479 e. The Morgan fingerprint density at radius 1 is 1.35 bits per heavy atom. The summed E-state index contributed by atoms with van der Waals surface area (Å²) in [5.41, 5.74) is -3.32. The van der Waals surface area contributed by atoms with Gasteiger partial charge < -0.3 is 20.5 Å². The van der Waals surface area contributed by atoms with E-state index in [1.54, 1.807) is 0 Å². The second-order valence-corrected chi connectivity index (χ2v) is 4.77. The number of rotatable bonds is 5. The second-order valence-electron chi connectivity index (χ2n) is 4.77. The lowest BCUT2D eigenvalue weighted by molar-refractivity contribution is -0.203. The highest BCUT2D eigenvalue weighted by atomic mass is 19.4. The number of alkyl halides is 3. The molecule has 0 bridgehead atoms. The van der Waals surface area contributed by atoms with Crippen molar-refractivity contribution in [3.8, 4) is 0 Å². The molecule has 1 unspecified atom stereocenters. The Morgan fingerprint density at radius 2 is 1.90 bits per heavy atom. The third-order valence-corrected chi connectivity index (χ3v) is 3.19. The minimum atomic E-state index is -5.09. The SMILES string of the molecule is CCOC1CC(NC(=O)NC(C)(C(=O)O)C(F)(F)F)C1. The molecular formula is C11H17F3N2O4. The molecule has 9 heteroatoms. The molecule has 0 radical (unpaired) electrons. The van der Waals surface area contributed by atoms with Gasteiger partial charge in [-0.1, -0.05) is 0 Å². The normalized spacial score (nSPS) is 25.2. The van der Waals surface area contributed by atoms with Crippen LogP contribution in [-0.2, 0) is 9.53 Å². The van der Waals surface area contributed by atoms with E-state index in [-0.39, 0.29) is 12.1 Å². The van der Waals surface area contributed by atoms with Crippen molar-refractivity contribution in [1.82, 2.24) is 10.6 Å². The maximum absolute atomic E-state index is 12.7. The van der Waals surface area contributed by atoms with E-state index in [9.17, 15) is 22.8 Å². The fourth-order valence-electron chi connectivity index (χ4n) is 1.75. The average Bonchev–Trinajstić information content (AvgIpc) is 2.24. The number of amides is 2. The van der Waals surface area contributed by atoms with Crippen molar-refractivity contribution in [2.45, 2.75) is 50.6 Å². The van der Waals surface area contributed by atoms with Gasteiger partial charge in [-0.2, -0.15) is 13.2 Å². The molecule has 1 fully saturated rings. The number of nitrogens with one attached hydrogen (secondary N) is 2. The lowest BCUT2D eigenvalue weighted by Crippen LogP contribution is -2.65. The van der Waals surface area contributed by atoms with E-state index in [4.69, 9.17) is 9.84 Å². The van der Waals surface area contributed by atoms with Crippen LogP contribution in [-0.4, -0.2) is 47.6 Å². The summed E-state index contributed by atoms with van der Waals surface area (Å²) in [6.07, 6.45) is -4.11. The number of hydrogen-bond acceptors (Lipinski definition) is 3. The molecule has 116 valence electrons. The van der Waals surface area contributed by atoms with Gasteiger partial charge >= 0.3 is 18.2 Å². The number of halogens is 3. The predicted molar refractivity (Wildman–Crippen MR) is 62.2 cm³/mol. The van der Waals surface area contributed by atoms with Crippen LogP contribution < -0.4 is 10.6 Å². The lowest BCUT2D eigenvalue weighted by atomic mass is 9.89. The van der Waals surface area contributed by atoms with Crippen molar-refractivity contribution in [3.05, 3.63) is 0 Å². The van der Waals surface area contributed by atoms with Crippen LogP contribution in [0.1, 0.15) is 26.7 Å². The number of carbonyl (C=O) groups is 2. The van der Waals surface area contributed by atoms with Crippen molar-refractivity contribution in [2.75, 3.05) is 6.61 Å². The summed E-state index contributed by atoms with van der Waals surface area (Å²) in [5.74, 6) is -2.17. The van der Waals surface area contributed by atoms with Crippen LogP contribution >= 0.6 is 0 Å². The molecule has 0 aromatic heterocycles. The van der Waals surface area contributed by atoms with Crippen LogP contribution in [0.2, 0.25) is 0 Å². The van der Waals surface area contributed by atoms with Crippen molar-refractivity contribution in [2.24, 2.45) is 0 Å². The number of ether oxygens (including phenoxy) is 1. The summed E-state index contributed by atoms with van der Waals surface area (Å²) in [7, 11) is 0. The Bertz CT molecular complexity index is 382. The zero-order valence-electron chi connectivity index (χ0n) is 11.1. The van der Waals surface area contributed by atoms with Crippen LogP contribution in [0.5, 0.6) is 0 Å². The average molecular weight is 298 g/mol. The van der Waals surface area contributed by atoms with E-state index in [0.29, 0.717) is 26.4 Å². The summed E-state index contributed by atoms with van der Waals surface area (Å²) < 4.78 is 43.2. The topological polar surface area (TPSA) is 87.7 Å². The number of aliphatic carboxylic acids is 1. The molecule has 0 spiro atoms. The fourth-order valence-corrected chi connectivity index (χ4v) is 1.75. The van der Waals surface area contributed by atoms with Gasteiger partial charge in [-0.05, 0) is 26.7 Å². The summed E-state index contributed by atoms with van der Waals surface area (Å²) in [6, 6.07) is -1.47. The van der Waals surface area contributed by atoms with Crippen molar-refractivity contribution >= 4 is 12.0 Å². The number of carbonyl (C=O) groups excluding carboxylic acids is 1. The van der Waals surface area contributed by atoms with E-state index in [1.165, 1.54) is 5.32 Å². The van der Waals surface area contributed by atoms with E-state index < -0.39 is 23.7 Å². The van der Waals surface area contributed by atoms with Gasteiger partial charge in [0.15, 0.2) is 0 Å². The second kappa shape index (κ2) is 5.86. The molecule has 1 aliphatic carbocycles. The Balaban J connectivity index is 2.51. The van der Waals surface area contributed by atoms with Crippen LogP contribution in [0.3, 0.4) is 0 Å². The molecule has 0 aromatic carbocycles. The van der Waals surface area contributed by atoms with Gasteiger partial charge in [-0.3, -0.25) is 0 Å². The molecule has 0 aliphatic heterocycles. The van der Waals surface area contributed by atoms with E-state index >= 15 is 0 Å². The molecule has 20 heavy (non-hydrogen) atoms. The maximum Gasteiger partial charge on any atom is 0.422 e. The Hall–Kier alpha value is -1.51. The maximum atomic E-state index is 12.7. The molecule has 0 aromatic rings. The van der Waals surface area contributed by atoms with Gasteiger partial charge in [-0.25, -0.2) is 9.59 Å². The predicted octanol–water partition coefficient (Wildman–Crippen LogP) is 1.26. The molecular weight excluding hydrogens is 281 g/mol. The Labute approximate surface area is 113 Å². The number of urea groups is 1. The molecule has 3 N–H and O–H groups in total. The largest absolute Gasteiger partial charge is 0.479 e. The monoisotopic (exact) mass is 298 g/mol. The molecule has 0 heterocycles. The minimum absolute atomic E-state index is 0.0150. The first-order chi connectivity index (χ1) is 9.10. The number of carboxylic acids is 1. The van der Waals surface area contributed by atoms with Crippen LogP contribution in [0, 0.1) is 0 Å². The zero-order chi connectivity index (χ0) is 15.6. The Morgan fingerprint density at radius 3 is 2.30 bits per heavy atom. The van der Waals surface area contributed by atoms with E-state index in [2.05, 4.69) is 5.32 Å². The zero-order valence-corrected chi connectivity index (χ0v) is 11.1. The number of carboxylic acid groups (broad SMARTS) is 1. The third kappa shape index (κ3) is 3.53. The summed E-state index contributed by atoms with van der Waals surface area (Å²) >= 11 is 0. The lowest BCUT2D eigenvalue weighted by Gasteiger charge is -2.36. The summed E-state index contributed by atoms with van der Waals surface area (Å²) in [5, 5.41) is 12.4. The quantitative estimate of drug-likeness (QED) is 0.713. The van der Waals surface area contributed by atoms with Crippen molar-refractivity contribution in [1.29, 1.82) is 0 Å². The molecule has 1 aliphatic rings. The fraction of sp³-hybridized carbons (Fsp3) is 0.818. The van der Waals surface area contributed by atoms with Gasteiger partial charge in [0.2, 0.25) is 5.54 Å². The van der Waals surface area contributed by atoms with Crippen molar-refractivity contribution < 1.29 is 32.6 Å². The molecule has 6 nitrogen and oxygen atoms in total. The number of hydrogen-bond donors (Lipinski definition) is 3. The van der Waals surface area contributed by atoms with Crippen LogP contribution in [0.4, 0.5) is 18.0 Å². The molecule has 1 atom stereocenters. The first-order valence-corrected chi connectivity index (χ1v) is 6.10. The molecule has 2 amide bonds. The first kappa shape index (κ1) is 16.5. The third-order valence-electron chi connectivity index (χ3n) is 3.19. The van der Waals surface area contributed by atoms with Gasteiger partial charge in [0, 0.05) is 12.6 Å². The summed E-state index contributed by atoms with van der Waals surface area (Å²) in [4.78, 5) is 22.2. The first-order valence-electron chi connectivity index (χ1n) is 6.10. The smallest absolute Gasteiger partial charge is 0.422 e.